The summed E-state index contributed by atoms with van der Waals surface area (Å²) in [4.78, 5) is 0. The fraction of sp³-hybridized carbons (Fsp3) is 0.385. The van der Waals surface area contributed by atoms with Crippen molar-refractivity contribution in [2.75, 3.05) is 0 Å². The highest BCUT2D eigenvalue weighted by atomic mass is 16.3. The van der Waals surface area contributed by atoms with Gasteiger partial charge in [-0.25, -0.2) is 0 Å². The first kappa shape index (κ1) is 9.47. The van der Waals surface area contributed by atoms with Gasteiger partial charge in [0.1, 0.15) is 0 Å². The molecule has 74 valence electrons. The van der Waals surface area contributed by atoms with Crippen molar-refractivity contribution in [3.63, 3.8) is 0 Å². The Morgan fingerprint density at radius 3 is 2.64 bits per heavy atom. The molecule has 14 heavy (non-hydrogen) atoms. The van der Waals surface area contributed by atoms with Gasteiger partial charge in [-0.2, -0.15) is 0 Å². The van der Waals surface area contributed by atoms with E-state index >= 15 is 0 Å². The minimum atomic E-state index is -0.337. The molecule has 1 aliphatic carbocycles. The molecule has 0 saturated carbocycles. The van der Waals surface area contributed by atoms with Gasteiger partial charge >= 0.3 is 0 Å². The van der Waals surface area contributed by atoms with Gasteiger partial charge in [0.05, 0.1) is 6.10 Å². The Labute approximate surface area is 85.1 Å². The maximum absolute atomic E-state index is 10.1. The first-order valence-electron chi connectivity index (χ1n) is 5.15. The maximum Gasteiger partial charge on any atom is 0.0860 e. The van der Waals surface area contributed by atoms with Crippen molar-refractivity contribution in [2.24, 2.45) is 11.8 Å². The molecule has 0 aromatic heterocycles. The summed E-state index contributed by atoms with van der Waals surface area (Å²) in [6, 6.07) is 8.05. The number of fused-ring (bicyclic) bond motifs is 1. The molecular weight excluding hydrogens is 172 g/mol. The van der Waals surface area contributed by atoms with Crippen LogP contribution in [-0.4, -0.2) is 5.11 Å². The van der Waals surface area contributed by atoms with Gasteiger partial charge in [-0.15, -0.1) is 0 Å². The van der Waals surface area contributed by atoms with E-state index in [1.807, 2.05) is 24.3 Å². The van der Waals surface area contributed by atoms with Crippen LogP contribution in [0.3, 0.4) is 0 Å². The van der Waals surface area contributed by atoms with Crippen LogP contribution in [0.4, 0.5) is 0 Å². The fourth-order valence-electron chi connectivity index (χ4n) is 2.05. The average molecular weight is 188 g/mol. The molecule has 1 heteroatoms. The number of hydrogen-bond donors (Lipinski definition) is 1. The quantitative estimate of drug-likeness (QED) is 0.718. The lowest BCUT2D eigenvalue weighted by molar-refractivity contribution is 0.106. The van der Waals surface area contributed by atoms with Crippen LogP contribution in [-0.2, 0) is 0 Å². The number of benzene rings is 1. The van der Waals surface area contributed by atoms with Crippen molar-refractivity contribution in [2.45, 2.75) is 20.0 Å². The van der Waals surface area contributed by atoms with Crippen LogP contribution in [0.1, 0.15) is 31.1 Å². The Kier molecular flexibility index (Phi) is 2.42. The van der Waals surface area contributed by atoms with E-state index < -0.39 is 0 Å². The third kappa shape index (κ3) is 1.48. The second-order valence-electron chi connectivity index (χ2n) is 4.25. The smallest absolute Gasteiger partial charge is 0.0860 e. The SMILES string of the molecule is CC(C)C1C=Cc2ccccc2C1O. The minimum Gasteiger partial charge on any atom is -0.388 e. The highest BCUT2D eigenvalue weighted by molar-refractivity contribution is 5.57. The summed E-state index contributed by atoms with van der Waals surface area (Å²) in [6.07, 6.45) is 3.90. The molecule has 0 fully saturated rings. The van der Waals surface area contributed by atoms with Crippen LogP contribution in [0.25, 0.3) is 6.08 Å². The summed E-state index contributed by atoms with van der Waals surface area (Å²) in [7, 11) is 0. The standard InChI is InChI=1S/C13H16O/c1-9(2)11-8-7-10-5-3-4-6-12(10)13(11)14/h3-9,11,13-14H,1-2H3. The summed E-state index contributed by atoms with van der Waals surface area (Å²) in [5.41, 5.74) is 2.21. The van der Waals surface area contributed by atoms with E-state index in [1.165, 1.54) is 0 Å². The highest BCUT2D eigenvalue weighted by Gasteiger charge is 2.25. The lowest BCUT2D eigenvalue weighted by Gasteiger charge is -2.28. The molecule has 2 atom stereocenters. The molecule has 1 N–H and O–H groups in total. The Balaban J connectivity index is 2.40. The average Bonchev–Trinajstić information content (AvgIpc) is 2.18. The molecule has 1 aromatic carbocycles. The molecule has 2 rings (SSSR count). The van der Waals surface area contributed by atoms with E-state index in [-0.39, 0.29) is 12.0 Å². The van der Waals surface area contributed by atoms with Crippen molar-refractivity contribution < 1.29 is 5.11 Å². The second-order valence-corrected chi connectivity index (χ2v) is 4.25. The van der Waals surface area contributed by atoms with E-state index in [1.54, 1.807) is 0 Å². The van der Waals surface area contributed by atoms with Gasteiger partial charge in [0.2, 0.25) is 0 Å². The summed E-state index contributed by atoms with van der Waals surface area (Å²) >= 11 is 0. The zero-order chi connectivity index (χ0) is 10.1. The molecule has 1 aliphatic rings. The molecule has 0 radical (unpaired) electrons. The molecule has 2 unspecified atom stereocenters. The van der Waals surface area contributed by atoms with Crippen molar-refractivity contribution in [1.29, 1.82) is 0 Å². The van der Waals surface area contributed by atoms with Crippen LogP contribution in [0.2, 0.25) is 0 Å². The topological polar surface area (TPSA) is 20.2 Å². The normalized spacial score (nSPS) is 25.1. The summed E-state index contributed by atoms with van der Waals surface area (Å²) in [5.74, 6) is 0.736. The Morgan fingerprint density at radius 1 is 1.21 bits per heavy atom. The number of hydrogen-bond acceptors (Lipinski definition) is 1. The van der Waals surface area contributed by atoms with E-state index in [0.29, 0.717) is 5.92 Å². The molecule has 0 aliphatic heterocycles. The summed E-state index contributed by atoms with van der Waals surface area (Å²) in [5, 5.41) is 10.1. The fourth-order valence-corrected chi connectivity index (χ4v) is 2.05. The van der Waals surface area contributed by atoms with Crippen molar-refractivity contribution in [1.82, 2.24) is 0 Å². The maximum atomic E-state index is 10.1. The van der Waals surface area contributed by atoms with Crippen LogP contribution >= 0.6 is 0 Å². The predicted octanol–water partition coefficient (Wildman–Crippen LogP) is 3.02. The third-order valence-corrected chi connectivity index (χ3v) is 2.95. The van der Waals surface area contributed by atoms with Gasteiger partial charge in [0, 0.05) is 5.92 Å². The van der Waals surface area contributed by atoms with Gasteiger partial charge in [0.15, 0.2) is 0 Å². The van der Waals surface area contributed by atoms with Gasteiger partial charge in [-0.05, 0) is 17.0 Å². The van der Waals surface area contributed by atoms with Gasteiger partial charge in [-0.1, -0.05) is 50.3 Å². The Morgan fingerprint density at radius 2 is 1.93 bits per heavy atom. The lowest BCUT2D eigenvalue weighted by Crippen LogP contribution is -2.19. The second kappa shape index (κ2) is 3.58. The summed E-state index contributed by atoms with van der Waals surface area (Å²) in [6.45, 7) is 4.29. The molecule has 0 bridgehead atoms. The van der Waals surface area contributed by atoms with E-state index in [2.05, 4.69) is 26.0 Å². The van der Waals surface area contributed by atoms with Gasteiger partial charge in [-0.3, -0.25) is 0 Å². The molecule has 0 heterocycles. The van der Waals surface area contributed by atoms with Crippen LogP contribution < -0.4 is 0 Å². The van der Waals surface area contributed by atoms with E-state index in [9.17, 15) is 5.11 Å². The van der Waals surface area contributed by atoms with Crippen molar-refractivity contribution >= 4 is 6.08 Å². The molecular formula is C13H16O. The monoisotopic (exact) mass is 188 g/mol. The van der Waals surface area contributed by atoms with Gasteiger partial charge < -0.3 is 5.11 Å². The zero-order valence-corrected chi connectivity index (χ0v) is 8.64. The number of aliphatic hydroxyl groups excluding tert-OH is 1. The first-order valence-corrected chi connectivity index (χ1v) is 5.15. The summed E-state index contributed by atoms with van der Waals surface area (Å²) < 4.78 is 0. The third-order valence-electron chi connectivity index (χ3n) is 2.95. The zero-order valence-electron chi connectivity index (χ0n) is 8.64. The number of rotatable bonds is 1. The highest BCUT2D eigenvalue weighted by Crippen LogP contribution is 2.35. The molecule has 1 aromatic rings. The molecule has 1 nitrogen and oxygen atoms in total. The van der Waals surface area contributed by atoms with Crippen LogP contribution in [0.15, 0.2) is 30.3 Å². The Hall–Kier alpha value is -1.08. The van der Waals surface area contributed by atoms with Crippen LogP contribution in [0.5, 0.6) is 0 Å². The molecule has 0 spiro atoms. The predicted molar refractivity (Wildman–Crippen MR) is 58.8 cm³/mol. The largest absolute Gasteiger partial charge is 0.388 e. The van der Waals surface area contributed by atoms with Crippen molar-refractivity contribution in [3.8, 4) is 0 Å². The van der Waals surface area contributed by atoms with Gasteiger partial charge in [0.25, 0.3) is 0 Å². The van der Waals surface area contributed by atoms with Crippen molar-refractivity contribution in [3.05, 3.63) is 41.5 Å². The van der Waals surface area contributed by atoms with E-state index in [4.69, 9.17) is 0 Å². The minimum absolute atomic E-state index is 0.255. The molecule has 0 amide bonds. The lowest BCUT2D eigenvalue weighted by atomic mass is 9.81. The molecule has 0 saturated heterocycles. The number of aliphatic hydroxyl groups is 1. The Bertz CT molecular complexity index is 352. The first-order chi connectivity index (χ1) is 6.70. The van der Waals surface area contributed by atoms with Crippen LogP contribution in [0, 0.1) is 11.8 Å². The van der Waals surface area contributed by atoms with E-state index in [0.717, 1.165) is 11.1 Å².